The van der Waals surface area contributed by atoms with Crippen LogP contribution in [0.15, 0.2) is 59.5 Å². The highest BCUT2D eigenvalue weighted by molar-refractivity contribution is 5.81. The Hall–Kier alpha value is -3.87. The van der Waals surface area contributed by atoms with E-state index in [0.29, 0.717) is 29.9 Å². The first kappa shape index (κ1) is 26.2. The van der Waals surface area contributed by atoms with Crippen LogP contribution in [0.5, 0.6) is 11.5 Å². The van der Waals surface area contributed by atoms with E-state index in [9.17, 15) is 14.4 Å². The predicted molar refractivity (Wildman–Crippen MR) is 142 cm³/mol. The number of unbranched alkanes of at least 4 members (excludes halogenated alkanes) is 1. The molecule has 0 saturated heterocycles. The van der Waals surface area contributed by atoms with Gasteiger partial charge < -0.3 is 24.2 Å². The van der Waals surface area contributed by atoms with Gasteiger partial charge in [-0.25, -0.2) is 0 Å². The van der Waals surface area contributed by atoms with Gasteiger partial charge >= 0.3 is 0 Å². The van der Waals surface area contributed by atoms with Gasteiger partial charge in [-0.15, -0.1) is 0 Å². The van der Waals surface area contributed by atoms with Crippen molar-refractivity contribution in [2.24, 2.45) is 0 Å². The minimum atomic E-state index is -0.688. The molecule has 2 atom stereocenters. The molecule has 7 nitrogen and oxygen atoms in total. The number of aldehydes is 1. The molecule has 2 heterocycles. The maximum absolute atomic E-state index is 13.7. The highest BCUT2D eigenvalue weighted by atomic mass is 16.7. The smallest absolute Gasteiger partial charge is 0.254 e. The molecular formula is C30H34N2O5. The van der Waals surface area contributed by atoms with Crippen LogP contribution in [0.25, 0.3) is 0 Å². The van der Waals surface area contributed by atoms with Crippen molar-refractivity contribution in [3.05, 3.63) is 92.9 Å². The van der Waals surface area contributed by atoms with Crippen LogP contribution in [-0.2, 0) is 16.0 Å². The van der Waals surface area contributed by atoms with E-state index in [1.165, 1.54) is 0 Å². The fourth-order valence-corrected chi connectivity index (χ4v) is 4.67. The van der Waals surface area contributed by atoms with Crippen LogP contribution in [0.2, 0.25) is 0 Å². The van der Waals surface area contributed by atoms with Crippen molar-refractivity contribution >= 4 is 12.2 Å². The second-order valence-electron chi connectivity index (χ2n) is 9.65. The highest BCUT2D eigenvalue weighted by Crippen LogP contribution is 2.35. The Morgan fingerprint density at radius 3 is 2.54 bits per heavy atom. The van der Waals surface area contributed by atoms with Crippen LogP contribution in [0.3, 0.4) is 0 Å². The first-order valence-electron chi connectivity index (χ1n) is 12.8. The van der Waals surface area contributed by atoms with Gasteiger partial charge in [-0.3, -0.25) is 9.59 Å². The minimum absolute atomic E-state index is 0.104. The van der Waals surface area contributed by atoms with Crippen molar-refractivity contribution in [3.63, 3.8) is 0 Å². The van der Waals surface area contributed by atoms with E-state index in [-0.39, 0.29) is 24.7 Å². The average molecular weight is 503 g/mol. The summed E-state index contributed by atoms with van der Waals surface area (Å²) in [6.45, 7) is 6.16. The summed E-state index contributed by atoms with van der Waals surface area (Å²) in [5, 5.41) is 3.03. The van der Waals surface area contributed by atoms with E-state index in [1.807, 2.05) is 50.2 Å². The molecule has 0 aliphatic carbocycles. The number of benzene rings is 2. The van der Waals surface area contributed by atoms with Crippen molar-refractivity contribution in [3.8, 4) is 11.5 Å². The number of nitrogens with zero attached hydrogens (tertiary/aromatic N) is 1. The standard InChI is InChI=1S/C30H34N2O5/c1-4-5-6-26(29(34)31-25(13-14-33)23-11-12-27-28(17-23)37-19-36-27)32-18-21(3)15-24(30(32)35)16-22-9-7-20(2)8-10-22/h7-12,14-15,17-18,25-26H,4-6,13,16,19H2,1-3H3,(H,31,34). The zero-order valence-corrected chi connectivity index (χ0v) is 21.7. The molecule has 0 spiro atoms. The Balaban J connectivity index is 1.63. The number of aromatic nitrogens is 1. The topological polar surface area (TPSA) is 86.6 Å². The summed E-state index contributed by atoms with van der Waals surface area (Å²) in [4.78, 5) is 38.8. The van der Waals surface area contributed by atoms with Crippen molar-refractivity contribution < 1.29 is 19.1 Å². The largest absolute Gasteiger partial charge is 0.454 e. The lowest BCUT2D eigenvalue weighted by Gasteiger charge is -2.24. The molecule has 194 valence electrons. The lowest BCUT2D eigenvalue weighted by molar-refractivity contribution is -0.125. The van der Waals surface area contributed by atoms with Gasteiger partial charge in [-0.05, 0) is 55.2 Å². The van der Waals surface area contributed by atoms with E-state index in [1.54, 1.807) is 22.9 Å². The number of nitrogens with one attached hydrogen (secondary N) is 1. The van der Waals surface area contributed by atoms with Crippen molar-refractivity contribution in [1.82, 2.24) is 9.88 Å². The molecule has 3 aromatic rings. The third-order valence-electron chi connectivity index (χ3n) is 6.69. The van der Waals surface area contributed by atoms with Gasteiger partial charge in [0.2, 0.25) is 12.7 Å². The lowest BCUT2D eigenvalue weighted by Crippen LogP contribution is -2.40. The lowest BCUT2D eigenvalue weighted by atomic mass is 10.0. The molecular weight excluding hydrogens is 468 g/mol. The van der Waals surface area contributed by atoms with Gasteiger partial charge in [0.25, 0.3) is 5.56 Å². The van der Waals surface area contributed by atoms with E-state index in [0.717, 1.165) is 41.4 Å². The number of hydrogen-bond donors (Lipinski definition) is 1. The van der Waals surface area contributed by atoms with Gasteiger partial charge in [0.15, 0.2) is 11.5 Å². The van der Waals surface area contributed by atoms with Crippen molar-refractivity contribution in [2.45, 2.75) is 65.0 Å². The summed E-state index contributed by atoms with van der Waals surface area (Å²) in [5.74, 6) is 0.931. The third kappa shape index (κ3) is 6.28. The second kappa shape index (κ2) is 11.9. The number of fused-ring (bicyclic) bond motifs is 1. The summed E-state index contributed by atoms with van der Waals surface area (Å²) in [6, 6.07) is 14.2. The van der Waals surface area contributed by atoms with Crippen LogP contribution < -0.4 is 20.3 Å². The number of carbonyl (C=O) groups excluding carboxylic acids is 2. The number of hydrogen-bond acceptors (Lipinski definition) is 5. The molecule has 2 aromatic carbocycles. The molecule has 2 unspecified atom stereocenters. The number of ether oxygens (including phenoxy) is 2. The molecule has 0 bridgehead atoms. The van der Waals surface area contributed by atoms with Crippen LogP contribution in [0.4, 0.5) is 0 Å². The molecule has 1 amide bonds. The minimum Gasteiger partial charge on any atom is -0.454 e. The van der Waals surface area contributed by atoms with Crippen LogP contribution in [0, 0.1) is 13.8 Å². The van der Waals surface area contributed by atoms with Crippen LogP contribution in [0.1, 0.15) is 72.5 Å². The SMILES string of the molecule is CCCCC(C(=O)NC(CC=O)c1ccc2c(c1)OCO2)n1cc(C)cc(Cc2ccc(C)cc2)c1=O. The van der Waals surface area contributed by atoms with E-state index < -0.39 is 12.1 Å². The van der Waals surface area contributed by atoms with E-state index >= 15 is 0 Å². The van der Waals surface area contributed by atoms with Crippen LogP contribution in [-0.4, -0.2) is 23.6 Å². The summed E-state index contributed by atoms with van der Waals surface area (Å²) < 4.78 is 12.4. The highest BCUT2D eigenvalue weighted by Gasteiger charge is 2.26. The zero-order chi connectivity index (χ0) is 26.4. The average Bonchev–Trinajstić information content (AvgIpc) is 3.36. The van der Waals surface area contributed by atoms with E-state index in [4.69, 9.17) is 9.47 Å². The Morgan fingerprint density at radius 1 is 1.05 bits per heavy atom. The normalized spacial score (nSPS) is 13.7. The van der Waals surface area contributed by atoms with E-state index in [2.05, 4.69) is 12.2 Å². The number of aryl methyl sites for hydroxylation is 2. The summed E-state index contributed by atoms with van der Waals surface area (Å²) in [6.07, 6.45) is 5.34. The molecule has 4 rings (SSSR count). The Labute approximate surface area is 217 Å². The summed E-state index contributed by atoms with van der Waals surface area (Å²) in [7, 11) is 0. The summed E-state index contributed by atoms with van der Waals surface area (Å²) >= 11 is 0. The molecule has 0 radical (unpaired) electrons. The van der Waals surface area contributed by atoms with Crippen molar-refractivity contribution in [1.29, 1.82) is 0 Å². The Morgan fingerprint density at radius 2 is 1.81 bits per heavy atom. The number of rotatable bonds is 11. The van der Waals surface area contributed by atoms with Gasteiger partial charge in [-0.2, -0.15) is 0 Å². The van der Waals surface area contributed by atoms with Gasteiger partial charge in [0, 0.05) is 24.6 Å². The van der Waals surface area contributed by atoms with Gasteiger partial charge in [0.1, 0.15) is 12.3 Å². The fourth-order valence-electron chi connectivity index (χ4n) is 4.67. The molecule has 1 aliphatic rings. The fraction of sp³-hybridized carbons (Fsp3) is 0.367. The zero-order valence-electron chi connectivity index (χ0n) is 21.7. The number of pyridine rings is 1. The number of carbonyl (C=O) groups is 2. The maximum atomic E-state index is 13.7. The molecule has 1 aromatic heterocycles. The third-order valence-corrected chi connectivity index (χ3v) is 6.69. The monoisotopic (exact) mass is 502 g/mol. The Kier molecular flexibility index (Phi) is 8.43. The quantitative estimate of drug-likeness (QED) is 0.375. The maximum Gasteiger partial charge on any atom is 0.254 e. The first-order valence-corrected chi connectivity index (χ1v) is 12.8. The molecule has 0 saturated carbocycles. The molecule has 1 aliphatic heterocycles. The first-order chi connectivity index (χ1) is 17.9. The molecule has 7 heteroatoms. The van der Waals surface area contributed by atoms with Crippen LogP contribution >= 0.6 is 0 Å². The Bertz CT molecular complexity index is 1310. The molecule has 37 heavy (non-hydrogen) atoms. The van der Waals surface area contributed by atoms with Gasteiger partial charge in [0.05, 0.1) is 6.04 Å². The second-order valence-corrected chi connectivity index (χ2v) is 9.65. The molecule has 0 fully saturated rings. The summed E-state index contributed by atoms with van der Waals surface area (Å²) in [5.41, 5.74) is 4.35. The van der Waals surface area contributed by atoms with Crippen molar-refractivity contribution in [2.75, 3.05) is 6.79 Å². The number of amides is 1. The van der Waals surface area contributed by atoms with Gasteiger partial charge in [-0.1, -0.05) is 55.7 Å². The predicted octanol–water partition coefficient (Wildman–Crippen LogP) is 4.96. The molecule has 1 N–H and O–H groups in total.